The van der Waals surface area contributed by atoms with E-state index in [1.165, 1.54) is 29.2 Å². The topological polar surface area (TPSA) is 108 Å². The van der Waals surface area contributed by atoms with Gasteiger partial charge in [0.15, 0.2) is 5.03 Å². The lowest BCUT2D eigenvalue weighted by atomic mass is 10.3. The van der Waals surface area contributed by atoms with Crippen LogP contribution in [-0.2, 0) is 16.9 Å². The number of amides is 1. The third-order valence-corrected chi connectivity index (χ3v) is 4.36. The van der Waals surface area contributed by atoms with E-state index in [1.54, 1.807) is 14.0 Å². The molecule has 8 heteroatoms. The predicted octanol–water partition coefficient (Wildman–Crippen LogP) is 0.0552. The molecule has 0 saturated heterocycles. The van der Waals surface area contributed by atoms with Crippen LogP contribution in [-0.4, -0.2) is 29.1 Å². The summed E-state index contributed by atoms with van der Waals surface area (Å²) in [6.45, 7) is 1.57. The first-order chi connectivity index (χ1) is 8.84. The van der Waals surface area contributed by atoms with Gasteiger partial charge in [0.05, 0.1) is 11.3 Å². The standard InChI is InChI=1S/C11H12N4O3S/c1-7-9(6-15(2)14-7)19(17,18)11-8(10(12)16)4-3-5-13-11/h3-6H,1-2H3,(H2,12,16). The summed E-state index contributed by atoms with van der Waals surface area (Å²) >= 11 is 0. The van der Waals surface area contributed by atoms with Gasteiger partial charge in [-0.3, -0.25) is 9.48 Å². The number of aryl methyl sites for hydroxylation is 2. The maximum absolute atomic E-state index is 12.5. The van der Waals surface area contributed by atoms with Gasteiger partial charge in [-0.1, -0.05) is 0 Å². The Morgan fingerprint density at radius 3 is 2.63 bits per heavy atom. The van der Waals surface area contributed by atoms with E-state index in [-0.39, 0.29) is 15.5 Å². The van der Waals surface area contributed by atoms with Crippen molar-refractivity contribution >= 4 is 15.7 Å². The number of sulfone groups is 1. The summed E-state index contributed by atoms with van der Waals surface area (Å²) < 4.78 is 26.3. The normalized spacial score (nSPS) is 11.5. The Labute approximate surface area is 110 Å². The lowest BCUT2D eigenvalue weighted by Crippen LogP contribution is -2.17. The van der Waals surface area contributed by atoms with Crippen molar-refractivity contribution in [3.8, 4) is 0 Å². The number of carbonyl (C=O) groups is 1. The molecule has 0 fully saturated rings. The van der Waals surface area contributed by atoms with Crippen molar-refractivity contribution in [1.29, 1.82) is 0 Å². The Balaban J connectivity index is 2.71. The van der Waals surface area contributed by atoms with Gasteiger partial charge in [-0.2, -0.15) is 5.10 Å². The third kappa shape index (κ3) is 2.22. The fraction of sp³-hybridized carbons (Fsp3) is 0.182. The zero-order valence-electron chi connectivity index (χ0n) is 10.4. The van der Waals surface area contributed by atoms with Crippen molar-refractivity contribution in [3.05, 3.63) is 35.8 Å². The van der Waals surface area contributed by atoms with Gasteiger partial charge in [-0.25, -0.2) is 13.4 Å². The third-order valence-electron chi connectivity index (χ3n) is 2.55. The molecular weight excluding hydrogens is 268 g/mol. The molecular formula is C11H12N4O3S. The molecule has 0 aliphatic heterocycles. The van der Waals surface area contributed by atoms with E-state index in [2.05, 4.69) is 10.1 Å². The van der Waals surface area contributed by atoms with Gasteiger partial charge >= 0.3 is 0 Å². The number of hydrogen-bond acceptors (Lipinski definition) is 5. The number of aromatic nitrogens is 3. The summed E-state index contributed by atoms with van der Waals surface area (Å²) in [7, 11) is -2.31. The second-order valence-electron chi connectivity index (χ2n) is 3.98. The van der Waals surface area contributed by atoms with Crippen molar-refractivity contribution in [3.63, 3.8) is 0 Å². The molecule has 0 aliphatic carbocycles. The molecule has 2 N–H and O–H groups in total. The average Bonchev–Trinajstić information content (AvgIpc) is 2.69. The number of nitrogens with two attached hydrogens (primary N) is 1. The van der Waals surface area contributed by atoms with E-state index < -0.39 is 15.7 Å². The molecule has 1 amide bonds. The molecule has 0 aromatic carbocycles. The Morgan fingerprint density at radius 2 is 2.11 bits per heavy atom. The average molecular weight is 280 g/mol. The Morgan fingerprint density at radius 1 is 1.42 bits per heavy atom. The number of carbonyl (C=O) groups excluding carboxylic acids is 1. The van der Waals surface area contributed by atoms with Gasteiger partial charge in [0.2, 0.25) is 9.84 Å². The number of rotatable bonds is 3. The Bertz CT molecular complexity index is 749. The molecule has 0 spiro atoms. The zero-order valence-corrected chi connectivity index (χ0v) is 11.2. The van der Waals surface area contributed by atoms with E-state index in [9.17, 15) is 13.2 Å². The van der Waals surface area contributed by atoms with Crippen molar-refractivity contribution in [1.82, 2.24) is 14.8 Å². The van der Waals surface area contributed by atoms with Crippen LogP contribution in [0.4, 0.5) is 0 Å². The molecule has 0 atom stereocenters. The second kappa shape index (κ2) is 4.47. The largest absolute Gasteiger partial charge is 0.366 e. The molecule has 19 heavy (non-hydrogen) atoms. The minimum Gasteiger partial charge on any atom is -0.366 e. The van der Waals surface area contributed by atoms with Crippen LogP contribution in [0.1, 0.15) is 16.1 Å². The minimum atomic E-state index is -3.92. The molecule has 0 aliphatic rings. The van der Waals surface area contributed by atoms with Gasteiger partial charge in [0.1, 0.15) is 4.90 Å². The first-order valence-electron chi connectivity index (χ1n) is 5.34. The number of primary amides is 1. The van der Waals surface area contributed by atoms with Crippen LogP contribution in [0.2, 0.25) is 0 Å². The molecule has 100 valence electrons. The SMILES string of the molecule is Cc1nn(C)cc1S(=O)(=O)c1ncccc1C(N)=O. The van der Waals surface area contributed by atoms with Crippen LogP contribution in [0, 0.1) is 6.92 Å². The van der Waals surface area contributed by atoms with E-state index >= 15 is 0 Å². The maximum atomic E-state index is 12.5. The molecule has 2 rings (SSSR count). The Kier molecular flexibility index (Phi) is 3.11. The molecule has 0 unspecified atom stereocenters. The van der Waals surface area contributed by atoms with Crippen LogP contribution < -0.4 is 5.73 Å². The van der Waals surface area contributed by atoms with Crippen LogP contribution in [0.25, 0.3) is 0 Å². The Hall–Kier alpha value is -2.22. The number of nitrogens with zero attached hydrogens (tertiary/aromatic N) is 3. The van der Waals surface area contributed by atoms with E-state index in [1.807, 2.05) is 0 Å². The first-order valence-corrected chi connectivity index (χ1v) is 6.82. The van der Waals surface area contributed by atoms with Gasteiger partial charge in [-0.05, 0) is 19.1 Å². The van der Waals surface area contributed by atoms with Crippen LogP contribution in [0.3, 0.4) is 0 Å². The highest BCUT2D eigenvalue weighted by molar-refractivity contribution is 7.91. The van der Waals surface area contributed by atoms with Gasteiger partial charge < -0.3 is 5.73 Å². The zero-order chi connectivity index (χ0) is 14.2. The first kappa shape index (κ1) is 13.2. The lowest BCUT2D eigenvalue weighted by molar-refractivity contribution is 0.0996. The number of hydrogen-bond donors (Lipinski definition) is 1. The van der Waals surface area contributed by atoms with Crippen molar-refractivity contribution in [2.24, 2.45) is 12.8 Å². The molecule has 2 heterocycles. The van der Waals surface area contributed by atoms with E-state index in [0.29, 0.717) is 5.69 Å². The highest BCUT2D eigenvalue weighted by Gasteiger charge is 2.28. The maximum Gasteiger partial charge on any atom is 0.251 e. The molecule has 0 bridgehead atoms. The van der Waals surface area contributed by atoms with Gasteiger partial charge in [0.25, 0.3) is 5.91 Å². The molecule has 0 radical (unpaired) electrons. The van der Waals surface area contributed by atoms with E-state index in [0.717, 1.165) is 0 Å². The lowest BCUT2D eigenvalue weighted by Gasteiger charge is -2.05. The summed E-state index contributed by atoms with van der Waals surface area (Å²) in [5.74, 6) is -0.840. The number of pyridine rings is 1. The predicted molar refractivity (Wildman–Crippen MR) is 66.2 cm³/mol. The van der Waals surface area contributed by atoms with Crippen molar-refractivity contribution in [2.45, 2.75) is 16.8 Å². The highest BCUT2D eigenvalue weighted by Crippen LogP contribution is 2.23. The van der Waals surface area contributed by atoms with Gasteiger partial charge in [-0.15, -0.1) is 0 Å². The molecule has 0 saturated carbocycles. The summed E-state index contributed by atoms with van der Waals surface area (Å²) in [5, 5.41) is 3.62. The highest BCUT2D eigenvalue weighted by atomic mass is 32.2. The summed E-state index contributed by atoms with van der Waals surface area (Å²) in [6.07, 6.45) is 2.66. The summed E-state index contributed by atoms with van der Waals surface area (Å²) in [6, 6.07) is 2.78. The fourth-order valence-corrected chi connectivity index (χ4v) is 3.33. The van der Waals surface area contributed by atoms with E-state index in [4.69, 9.17) is 5.73 Å². The monoisotopic (exact) mass is 280 g/mol. The molecule has 2 aromatic rings. The van der Waals surface area contributed by atoms with Crippen LogP contribution >= 0.6 is 0 Å². The smallest absolute Gasteiger partial charge is 0.251 e. The molecule has 7 nitrogen and oxygen atoms in total. The minimum absolute atomic E-state index is 0.0104. The van der Waals surface area contributed by atoms with Crippen LogP contribution in [0.15, 0.2) is 34.4 Å². The van der Waals surface area contributed by atoms with Crippen molar-refractivity contribution in [2.75, 3.05) is 0 Å². The summed E-state index contributed by atoms with van der Waals surface area (Å²) in [4.78, 5) is 15.1. The quantitative estimate of drug-likeness (QED) is 0.855. The summed E-state index contributed by atoms with van der Waals surface area (Å²) in [5.41, 5.74) is 5.37. The van der Waals surface area contributed by atoms with Gasteiger partial charge in [0, 0.05) is 19.4 Å². The fourth-order valence-electron chi connectivity index (χ4n) is 1.74. The van der Waals surface area contributed by atoms with Crippen LogP contribution in [0.5, 0.6) is 0 Å². The second-order valence-corrected chi connectivity index (χ2v) is 5.81. The van der Waals surface area contributed by atoms with Crippen molar-refractivity contribution < 1.29 is 13.2 Å². The molecule has 2 aromatic heterocycles.